The third-order valence-corrected chi connectivity index (χ3v) is 6.74. The molecule has 2 aromatic rings. The summed E-state index contributed by atoms with van der Waals surface area (Å²) in [6, 6.07) is 20.6. The van der Waals surface area contributed by atoms with Crippen LogP contribution in [0.5, 0.6) is 0 Å². The van der Waals surface area contributed by atoms with Crippen molar-refractivity contribution in [2.45, 2.75) is 55.9 Å². The van der Waals surface area contributed by atoms with E-state index in [1.807, 2.05) is 30.3 Å². The van der Waals surface area contributed by atoms with Crippen LogP contribution in [0.1, 0.15) is 55.6 Å². The van der Waals surface area contributed by atoms with Crippen molar-refractivity contribution in [2.75, 3.05) is 13.1 Å². The second kappa shape index (κ2) is 7.82. The minimum absolute atomic E-state index is 0.155. The standard InChI is InChI=1S/C24H27FN2/c25-22-8-6-19(7-9-22)20-12-16-27(17-13-20)23-10-14-24(18-26,15-11-23)21-4-2-1-3-5-21/h1-9,20,23H,10-17H2. The number of hydrogen-bond acceptors (Lipinski definition) is 2. The lowest BCUT2D eigenvalue weighted by Gasteiger charge is -2.43. The van der Waals surface area contributed by atoms with E-state index in [0.29, 0.717) is 12.0 Å². The van der Waals surface area contributed by atoms with E-state index >= 15 is 0 Å². The van der Waals surface area contributed by atoms with Crippen LogP contribution in [-0.4, -0.2) is 24.0 Å². The van der Waals surface area contributed by atoms with Crippen LogP contribution in [0.15, 0.2) is 54.6 Å². The molecule has 1 saturated carbocycles. The highest BCUT2D eigenvalue weighted by Crippen LogP contribution is 2.41. The highest BCUT2D eigenvalue weighted by molar-refractivity contribution is 5.33. The Kier molecular flexibility index (Phi) is 5.27. The van der Waals surface area contributed by atoms with Crippen LogP contribution in [0.2, 0.25) is 0 Å². The van der Waals surface area contributed by atoms with E-state index in [2.05, 4.69) is 23.1 Å². The van der Waals surface area contributed by atoms with Crippen molar-refractivity contribution in [3.63, 3.8) is 0 Å². The van der Waals surface area contributed by atoms with Gasteiger partial charge in [-0.1, -0.05) is 42.5 Å². The van der Waals surface area contributed by atoms with Crippen molar-refractivity contribution in [2.24, 2.45) is 0 Å². The molecule has 0 N–H and O–H groups in total. The summed E-state index contributed by atoms with van der Waals surface area (Å²) in [4.78, 5) is 2.63. The summed E-state index contributed by atoms with van der Waals surface area (Å²) in [5.41, 5.74) is 2.15. The van der Waals surface area contributed by atoms with E-state index in [4.69, 9.17) is 0 Å². The van der Waals surface area contributed by atoms with Gasteiger partial charge in [0, 0.05) is 6.04 Å². The van der Waals surface area contributed by atoms with Gasteiger partial charge in [-0.3, -0.25) is 0 Å². The van der Waals surface area contributed by atoms with E-state index in [-0.39, 0.29) is 11.2 Å². The number of rotatable bonds is 3. The molecule has 1 saturated heterocycles. The second-order valence-corrected chi connectivity index (χ2v) is 8.15. The Balaban J connectivity index is 1.34. The zero-order valence-corrected chi connectivity index (χ0v) is 15.8. The molecule has 0 unspecified atom stereocenters. The first-order valence-corrected chi connectivity index (χ1v) is 10.2. The SMILES string of the molecule is N#CC1(c2ccccc2)CCC(N2CCC(c3ccc(F)cc3)CC2)CC1. The molecule has 0 amide bonds. The molecule has 4 rings (SSSR count). The molecule has 0 spiro atoms. The molecule has 1 aliphatic carbocycles. The molecular weight excluding hydrogens is 335 g/mol. The van der Waals surface area contributed by atoms with Gasteiger partial charge in [0.05, 0.1) is 11.5 Å². The summed E-state index contributed by atoms with van der Waals surface area (Å²) in [5, 5.41) is 9.88. The number of halogens is 1. The molecule has 27 heavy (non-hydrogen) atoms. The summed E-state index contributed by atoms with van der Waals surface area (Å²) in [7, 11) is 0. The van der Waals surface area contributed by atoms with Gasteiger partial charge in [0.15, 0.2) is 0 Å². The van der Waals surface area contributed by atoms with E-state index in [0.717, 1.165) is 51.6 Å². The third kappa shape index (κ3) is 3.77. The topological polar surface area (TPSA) is 27.0 Å². The summed E-state index contributed by atoms with van der Waals surface area (Å²) >= 11 is 0. The minimum Gasteiger partial charge on any atom is -0.300 e. The second-order valence-electron chi connectivity index (χ2n) is 8.15. The number of nitriles is 1. The van der Waals surface area contributed by atoms with E-state index < -0.39 is 0 Å². The van der Waals surface area contributed by atoms with Crippen molar-refractivity contribution >= 4 is 0 Å². The summed E-state index contributed by atoms with van der Waals surface area (Å²) in [5.74, 6) is 0.394. The fourth-order valence-corrected chi connectivity index (χ4v) is 5.02. The predicted molar refractivity (Wildman–Crippen MR) is 106 cm³/mol. The van der Waals surface area contributed by atoms with E-state index in [9.17, 15) is 9.65 Å². The van der Waals surface area contributed by atoms with Crippen molar-refractivity contribution in [3.05, 3.63) is 71.5 Å². The number of nitrogens with zero attached hydrogens (tertiary/aromatic N) is 2. The number of benzene rings is 2. The molecule has 1 heterocycles. The van der Waals surface area contributed by atoms with Gasteiger partial charge in [-0.05, 0) is 80.8 Å². The number of likely N-dealkylation sites (tertiary alicyclic amines) is 1. The lowest BCUT2D eigenvalue weighted by atomic mass is 9.69. The summed E-state index contributed by atoms with van der Waals surface area (Å²) < 4.78 is 13.1. The Bertz CT molecular complexity index is 777. The Morgan fingerprint density at radius 3 is 2.11 bits per heavy atom. The summed E-state index contributed by atoms with van der Waals surface area (Å²) in [6.45, 7) is 2.22. The van der Waals surface area contributed by atoms with Crippen LogP contribution in [0, 0.1) is 17.1 Å². The maximum Gasteiger partial charge on any atom is 0.123 e. The van der Waals surface area contributed by atoms with Gasteiger partial charge in [0.1, 0.15) is 5.82 Å². The average Bonchev–Trinajstić information content (AvgIpc) is 2.75. The summed E-state index contributed by atoms with van der Waals surface area (Å²) in [6.07, 6.45) is 6.40. The molecule has 0 atom stereocenters. The zero-order chi connectivity index (χ0) is 18.7. The Hall–Kier alpha value is -2.18. The molecule has 0 radical (unpaired) electrons. The quantitative estimate of drug-likeness (QED) is 0.730. The average molecular weight is 362 g/mol. The molecule has 2 fully saturated rings. The molecule has 0 bridgehead atoms. The van der Waals surface area contributed by atoms with Crippen LogP contribution in [0.4, 0.5) is 4.39 Å². The first-order valence-electron chi connectivity index (χ1n) is 10.2. The lowest BCUT2D eigenvalue weighted by Crippen LogP contribution is -2.45. The van der Waals surface area contributed by atoms with Crippen LogP contribution < -0.4 is 0 Å². The Morgan fingerprint density at radius 1 is 0.889 bits per heavy atom. The maximum absolute atomic E-state index is 13.1. The van der Waals surface area contributed by atoms with Gasteiger partial charge >= 0.3 is 0 Å². The molecule has 3 heteroatoms. The number of piperidine rings is 1. The maximum atomic E-state index is 13.1. The third-order valence-electron chi connectivity index (χ3n) is 6.74. The molecule has 0 aromatic heterocycles. The van der Waals surface area contributed by atoms with E-state index in [1.165, 1.54) is 11.1 Å². The fourth-order valence-electron chi connectivity index (χ4n) is 5.02. The molecule has 140 valence electrons. The van der Waals surface area contributed by atoms with Crippen molar-refractivity contribution in [1.82, 2.24) is 4.90 Å². The Labute approximate surface area is 161 Å². The minimum atomic E-state index is -0.301. The smallest absolute Gasteiger partial charge is 0.123 e. The highest BCUT2D eigenvalue weighted by Gasteiger charge is 2.39. The fraction of sp³-hybridized carbons (Fsp3) is 0.458. The van der Waals surface area contributed by atoms with Crippen molar-refractivity contribution in [3.8, 4) is 6.07 Å². The Morgan fingerprint density at radius 2 is 1.52 bits per heavy atom. The first kappa shape index (κ1) is 18.2. The van der Waals surface area contributed by atoms with E-state index in [1.54, 1.807) is 12.1 Å². The lowest BCUT2D eigenvalue weighted by molar-refractivity contribution is 0.108. The normalized spacial score (nSPS) is 27.2. The first-order chi connectivity index (χ1) is 13.2. The van der Waals surface area contributed by atoms with Crippen molar-refractivity contribution in [1.29, 1.82) is 5.26 Å². The van der Waals surface area contributed by atoms with Crippen LogP contribution in [-0.2, 0) is 5.41 Å². The predicted octanol–water partition coefficient (Wildman–Crippen LogP) is 5.41. The van der Waals surface area contributed by atoms with Crippen LogP contribution in [0.3, 0.4) is 0 Å². The molecule has 2 aliphatic rings. The van der Waals surface area contributed by atoms with Gasteiger partial charge in [-0.2, -0.15) is 5.26 Å². The van der Waals surface area contributed by atoms with Crippen LogP contribution >= 0.6 is 0 Å². The highest BCUT2D eigenvalue weighted by atomic mass is 19.1. The molecule has 2 aromatic carbocycles. The molecule has 2 nitrogen and oxygen atoms in total. The monoisotopic (exact) mass is 362 g/mol. The molecular formula is C24H27FN2. The van der Waals surface area contributed by atoms with Gasteiger partial charge in [0.2, 0.25) is 0 Å². The van der Waals surface area contributed by atoms with Gasteiger partial charge in [-0.15, -0.1) is 0 Å². The van der Waals surface area contributed by atoms with Gasteiger partial charge < -0.3 is 4.90 Å². The van der Waals surface area contributed by atoms with Crippen molar-refractivity contribution < 1.29 is 4.39 Å². The van der Waals surface area contributed by atoms with Gasteiger partial charge in [-0.25, -0.2) is 4.39 Å². The largest absolute Gasteiger partial charge is 0.300 e. The molecule has 1 aliphatic heterocycles. The van der Waals surface area contributed by atoms with Gasteiger partial charge in [0.25, 0.3) is 0 Å². The zero-order valence-electron chi connectivity index (χ0n) is 15.8. The number of hydrogen-bond donors (Lipinski definition) is 0. The van der Waals surface area contributed by atoms with Crippen LogP contribution in [0.25, 0.3) is 0 Å².